The first-order valence-electron chi connectivity index (χ1n) is 3.94. The summed E-state index contributed by atoms with van der Waals surface area (Å²) in [5.41, 5.74) is 1.63. The van der Waals surface area contributed by atoms with Crippen molar-refractivity contribution in [2.45, 2.75) is 13.1 Å². The van der Waals surface area contributed by atoms with Gasteiger partial charge in [-0.3, -0.25) is 4.79 Å². The van der Waals surface area contributed by atoms with Crippen LogP contribution in [0.3, 0.4) is 0 Å². The van der Waals surface area contributed by atoms with E-state index < -0.39 is 0 Å². The molecule has 2 rings (SSSR count). The van der Waals surface area contributed by atoms with Crippen LogP contribution >= 0.6 is 0 Å². The molecular weight excluding hydrogens is 152 g/mol. The summed E-state index contributed by atoms with van der Waals surface area (Å²) in [5, 5.41) is 5.94. The first kappa shape index (κ1) is 7.16. The molecule has 0 spiro atoms. The molecule has 0 aliphatic carbocycles. The molecule has 1 aromatic carbocycles. The molecule has 0 bridgehead atoms. The molecule has 3 nitrogen and oxygen atoms in total. The van der Waals surface area contributed by atoms with Gasteiger partial charge in [0, 0.05) is 5.69 Å². The van der Waals surface area contributed by atoms with E-state index in [1.54, 1.807) is 0 Å². The van der Waals surface area contributed by atoms with E-state index in [9.17, 15) is 4.79 Å². The number of carbonyl (C=O) groups excluding carboxylic acids is 1. The van der Waals surface area contributed by atoms with Crippen molar-refractivity contribution in [3.63, 3.8) is 0 Å². The third-order valence-electron chi connectivity index (χ3n) is 1.89. The van der Waals surface area contributed by atoms with E-state index in [0.29, 0.717) is 0 Å². The number of hydrogen-bond acceptors (Lipinski definition) is 2. The van der Waals surface area contributed by atoms with Crippen molar-refractivity contribution in [1.29, 1.82) is 0 Å². The summed E-state index contributed by atoms with van der Waals surface area (Å²) >= 11 is 0. The van der Waals surface area contributed by atoms with Crippen molar-refractivity contribution in [3.05, 3.63) is 29.8 Å². The quantitative estimate of drug-likeness (QED) is 0.601. The van der Waals surface area contributed by atoms with Gasteiger partial charge in [0.05, 0.1) is 11.7 Å². The highest BCUT2D eigenvalue weighted by atomic mass is 16.2. The van der Waals surface area contributed by atoms with Gasteiger partial charge in [-0.2, -0.15) is 0 Å². The molecule has 62 valence electrons. The largest absolute Gasteiger partial charge is 0.365 e. The van der Waals surface area contributed by atoms with Crippen LogP contribution in [0.5, 0.6) is 0 Å². The van der Waals surface area contributed by atoms with Crippen molar-refractivity contribution in [2.24, 2.45) is 0 Å². The highest BCUT2D eigenvalue weighted by Crippen LogP contribution is 2.18. The first-order chi connectivity index (χ1) is 5.77. The Balaban J connectivity index is 2.47. The van der Waals surface area contributed by atoms with Crippen LogP contribution in [0, 0.1) is 0 Å². The van der Waals surface area contributed by atoms with E-state index in [-0.39, 0.29) is 12.1 Å². The number of carbonyl (C=O) groups is 1. The molecule has 1 atom stereocenters. The van der Waals surface area contributed by atoms with Crippen LogP contribution < -0.4 is 10.6 Å². The Morgan fingerprint density at radius 1 is 1.25 bits per heavy atom. The predicted molar refractivity (Wildman–Crippen MR) is 47.0 cm³/mol. The maximum absolute atomic E-state index is 11.3. The number of hydrogen-bond donors (Lipinski definition) is 2. The van der Waals surface area contributed by atoms with Crippen LogP contribution in [-0.2, 0) is 0 Å². The van der Waals surface area contributed by atoms with Crippen molar-refractivity contribution in [3.8, 4) is 0 Å². The molecule has 1 aromatic rings. The van der Waals surface area contributed by atoms with Crippen molar-refractivity contribution in [2.75, 3.05) is 5.32 Å². The molecule has 0 saturated heterocycles. The van der Waals surface area contributed by atoms with E-state index in [0.717, 1.165) is 11.3 Å². The van der Waals surface area contributed by atoms with Gasteiger partial charge in [-0.05, 0) is 19.1 Å². The molecule has 0 radical (unpaired) electrons. The zero-order chi connectivity index (χ0) is 8.55. The Labute approximate surface area is 70.8 Å². The molecule has 1 heterocycles. The summed E-state index contributed by atoms with van der Waals surface area (Å²) < 4.78 is 0. The van der Waals surface area contributed by atoms with Crippen LogP contribution in [0.1, 0.15) is 17.3 Å². The molecule has 3 heteroatoms. The molecule has 1 aliphatic rings. The summed E-state index contributed by atoms with van der Waals surface area (Å²) in [5.74, 6) is -0.00292. The first-order valence-corrected chi connectivity index (χ1v) is 3.94. The van der Waals surface area contributed by atoms with E-state index in [2.05, 4.69) is 10.6 Å². The minimum absolute atomic E-state index is 0.00292. The van der Waals surface area contributed by atoms with Gasteiger partial charge < -0.3 is 10.6 Å². The van der Waals surface area contributed by atoms with E-state index in [4.69, 9.17) is 0 Å². The van der Waals surface area contributed by atoms with Gasteiger partial charge in [0.2, 0.25) is 0 Å². The highest BCUT2D eigenvalue weighted by Gasteiger charge is 2.18. The number of benzene rings is 1. The second-order valence-corrected chi connectivity index (χ2v) is 2.89. The molecule has 1 aliphatic heterocycles. The molecule has 1 amide bonds. The topological polar surface area (TPSA) is 41.1 Å². The number of amides is 1. The van der Waals surface area contributed by atoms with Gasteiger partial charge in [0.1, 0.15) is 0 Å². The highest BCUT2D eigenvalue weighted by molar-refractivity contribution is 6.01. The summed E-state index contributed by atoms with van der Waals surface area (Å²) in [6, 6.07) is 7.49. The second-order valence-electron chi connectivity index (χ2n) is 2.89. The Bertz CT molecular complexity index is 322. The molecule has 1 unspecified atom stereocenters. The average Bonchev–Trinajstić information content (AvgIpc) is 2.04. The van der Waals surface area contributed by atoms with Crippen LogP contribution in [0.15, 0.2) is 24.3 Å². The monoisotopic (exact) mass is 162 g/mol. The van der Waals surface area contributed by atoms with Gasteiger partial charge in [0.25, 0.3) is 5.91 Å². The van der Waals surface area contributed by atoms with Gasteiger partial charge in [0.15, 0.2) is 0 Å². The SMILES string of the molecule is CC1NC(=O)c2ccccc2N1. The maximum Gasteiger partial charge on any atom is 0.254 e. The molecule has 0 aromatic heterocycles. The van der Waals surface area contributed by atoms with E-state index >= 15 is 0 Å². The number of para-hydroxylation sites is 1. The van der Waals surface area contributed by atoms with Crippen LogP contribution in [-0.4, -0.2) is 12.1 Å². The fourth-order valence-corrected chi connectivity index (χ4v) is 1.35. The normalized spacial score (nSPS) is 20.8. The summed E-state index contributed by atoms with van der Waals surface area (Å²) in [6.45, 7) is 1.91. The summed E-state index contributed by atoms with van der Waals surface area (Å²) in [6.07, 6.45) is 0.0207. The standard InChI is InChI=1S/C9H10N2O/c1-6-10-8-5-3-2-4-7(8)9(12)11-6/h2-6,10H,1H3,(H,11,12). The molecular formula is C9H10N2O. The molecule has 0 fully saturated rings. The number of rotatable bonds is 0. The van der Waals surface area contributed by atoms with Crippen LogP contribution in [0.25, 0.3) is 0 Å². The van der Waals surface area contributed by atoms with Crippen molar-refractivity contribution < 1.29 is 4.79 Å². The zero-order valence-electron chi connectivity index (χ0n) is 6.79. The lowest BCUT2D eigenvalue weighted by Gasteiger charge is -2.24. The van der Waals surface area contributed by atoms with E-state index in [1.807, 2.05) is 31.2 Å². The van der Waals surface area contributed by atoms with E-state index in [1.165, 1.54) is 0 Å². The number of anilines is 1. The van der Waals surface area contributed by atoms with Crippen molar-refractivity contribution in [1.82, 2.24) is 5.32 Å². The number of fused-ring (bicyclic) bond motifs is 1. The molecule has 2 N–H and O–H groups in total. The molecule has 12 heavy (non-hydrogen) atoms. The maximum atomic E-state index is 11.3. The Morgan fingerprint density at radius 3 is 2.83 bits per heavy atom. The third-order valence-corrected chi connectivity index (χ3v) is 1.89. The van der Waals surface area contributed by atoms with Gasteiger partial charge in [-0.1, -0.05) is 12.1 Å². The smallest absolute Gasteiger partial charge is 0.254 e. The zero-order valence-corrected chi connectivity index (χ0v) is 6.79. The fraction of sp³-hybridized carbons (Fsp3) is 0.222. The average molecular weight is 162 g/mol. The van der Waals surface area contributed by atoms with Gasteiger partial charge in [-0.15, -0.1) is 0 Å². The number of nitrogens with one attached hydrogen (secondary N) is 2. The van der Waals surface area contributed by atoms with Crippen LogP contribution in [0.4, 0.5) is 5.69 Å². The summed E-state index contributed by atoms with van der Waals surface area (Å²) in [7, 11) is 0. The minimum atomic E-state index is -0.00292. The van der Waals surface area contributed by atoms with Gasteiger partial charge in [-0.25, -0.2) is 0 Å². The molecule has 0 saturated carbocycles. The Hall–Kier alpha value is -1.51. The Morgan fingerprint density at radius 2 is 2.00 bits per heavy atom. The van der Waals surface area contributed by atoms with Gasteiger partial charge >= 0.3 is 0 Å². The Kier molecular flexibility index (Phi) is 1.50. The lowest BCUT2D eigenvalue weighted by Crippen LogP contribution is -2.42. The minimum Gasteiger partial charge on any atom is -0.365 e. The van der Waals surface area contributed by atoms with Crippen LogP contribution in [0.2, 0.25) is 0 Å². The lowest BCUT2D eigenvalue weighted by molar-refractivity contribution is 0.0939. The fourth-order valence-electron chi connectivity index (χ4n) is 1.35. The second kappa shape index (κ2) is 2.52. The third kappa shape index (κ3) is 1.03. The summed E-state index contributed by atoms with van der Waals surface area (Å²) in [4.78, 5) is 11.3. The van der Waals surface area contributed by atoms with Crippen molar-refractivity contribution >= 4 is 11.6 Å². The predicted octanol–water partition coefficient (Wildman–Crippen LogP) is 1.19. The lowest BCUT2D eigenvalue weighted by atomic mass is 10.1.